The molecule has 0 radical (unpaired) electrons. The summed E-state index contributed by atoms with van der Waals surface area (Å²) in [4.78, 5) is 0. The zero-order valence-corrected chi connectivity index (χ0v) is 6.28. The van der Waals surface area contributed by atoms with Crippen molar-refractivity contribution in [2.75, 3.05) is 0 Å². The Labute approximate surface area is 56.8 Å². The highest BCUT2D eigenvalue weighted by Gasteiger charge is 1.98. The highest BCUT2D eigenvalue weighted by molar-refractivity contribution is 4.79. The first-order valence-electron chi connectivity index (χ1n) is 3.50. The molecule has 0 heterocycles. The van der Waals surface area contributed by atoms with Crippen molar-refractivity contribution < 1.29 is 4.39 Å². The van der Waals surface area contributed by atoms with E-state index in [0.29, 0.717) is 12.3 Å². The second-order valence-corrected chi connectivity index (χ2v) is 2.57. The van der Waals surface area contributed by atoms with Crippen molar-refractivity contribution in [3.05, 3.63) is 12.4 Å². The van der Waals surface area contributed by atoms with Gasteiger partial charge in [0.05, 0.1) is 5.83 Å². The zero-order valence-electron chi connectivity index (χ0n) is 6.28. The van der Waals surface area contributed by atoms with Gasteiger partial charge in [-0.05, 0) is 18.8 Å². The van der Waals surface area contributed by atoms with Crippen molar-refractivity contribution in [3.8, 4) is 0 Å². The van der Waals surface area contributed by atoms with E-state index in [4.69, 9.17) is 0 Å². The molecule has 0 rings (SSSR count). The average molecular weight is 130 g/mol. The lowest BCUT2D eigenvalue weighted by molar-refractivity contribution is 0.476. The van der Waals surface area contributed by atoms with Gasteiger partial charge in [-0.25, -0.2) is 4.39 Å². The third-order valence-electron chi connectivity index (χ3n) is 1.61. The smallest absolute Gasteiger partial charge is 0.0928 e. The lowest BCUT2D eigenvalue weighted by atomic mass is 10.0. The molecule has 0 N–H and O–H groups in total. The summed E-state index contributed by atoms with van der Waals surface area (Å²) >= 11 is 0. The largest absolute Gasteiger partial charge is 0.212 e. The van der Waals surface area contributed by atoms with Crippen LogP contribution in [0, 0.1) is 5.92 Å². The summed E-state index contributed by atoms with van der Waals surface area (Å²) in [6.45, 7) is 7.44. The third-order valence-corrected chi connectivity index (χ3v) is 1.61. The summed E-state index contributed by atoms with van der Waals surface area (Å²) in [5, 5.41) is 0. The first kappa shape index (κ1) is 8.67. The SMILES string of the molecule is C=C(F)CCC(C)CC. The Morgan fingerprint density at radius 3 is 2.56 bits per heavy atom. The summed E-state index contributed by atoms with van der Waals surface area (Å²) in [5.74, 6) is 0.452. The second-order valence-electron chi connectivity index (χ2n) is 2.57. The van der Waals surface area contributed by atoms with Crippen LogP contribution in [0.3, 0.4) is 0 Å². The molecule has 1 unspecified atom stereocenters. The molecule has 0 amide bonds. The monoisotopic (exact) mass is 130 g/mol. The van der Waals surface area contributed by atoms with Gasteiger partial charge in [0.15, 0.2) is 0 Å². The van der Waals surface area contributed by atoms with E-state index in [1.54, 1.807) is 0 Å². The third kappa shape index (κ3) is 5.54. The molecule has 0 spiro atoms. The Morgan fingerprint density at radius 2 is 2.22 bits per heavy atom. The van der Waals surface area contributed by atoms with Crippen LogP contribution in [0.4, 0.5) is 4.39 Å². The lowest BCUT2D eigenvalue weighted by Gasteiger charge is -2.04. The molecule has 0 saturated carbocycles. The summed E-state index contributed by atoms with van der Waals surface area (Å²) in [6, 6.07) is 0. The van der Waals surface area contributed by atoms with Crippen LogP contribution >= 0.6 is 0 Å². The van der Waals surface area contributed by atoms with E-state index < -0.39 is 0 Å². The van der Waals surface area contributed by atoms with E-state index in [-0.39, 0.29) is 5.83 Å². The van der Waals surface area contributed by atoms with Gasteiger partial charge in [0, 0.05) is 0 Å². The fourth-order valence-electron chi connectivity index (χ4n) is 0.607. The molecular weight excluding hydrogens is 115 g/mol. The van der Waals surface area contributed by atoms with Crippen molar-refractivity contribution in [2.24, 2.45) is 5.92 Å². The van der Waals surface area contributed by atoms with E-state index in [1.165, 1.54) is 0 Å². The van der Waals surface area contributed by atoms with Gasteiger partial charge in [-0.3, -0.25) is 0 Å². The molecule has 0 aromatic carbocycles. The maximum Gasteiger partial charge on any atom is 0.0928 e. The molecule has 0 aromatic rings. The van der Waals surface area contributed by atoms with Crippen LogP contribution in [0.25, 0.3) is 0 Å². The van der Waals surface area contributed by atoms with Crippen molar-refractivity contribution >= 4 is 0 Å². The Balaban J connectivity index is 3.16. The number of allylic oxidation sites excluding steroid dienone is 1. The van der Waals surface area contributed by atoms with E-state index in [2.05, 4.69) is 20.4 Å². The molecule has 0 saturated heterocycles. The molecule has 0 fully saturated rings. The second kappa shape index (κ2) is 4.54. The maximum atomic E-state index is 12.0. The van der Waals surface area contributed by atoms with E-state index in [1.807, 2.05) is 0 Å². The molecule has 0 aliphatic heterocycles. The van der Waals surface area contributed by atoms with E-state index in [9.17, 15) is 4.39 Å². The van der Waals surface area contributed by atoms with Gasteiger partial charge < -0.3 is 0 Å². The first-order chi connectivity index (χ1) is 4.16. The Kier molecular flexibility index (Phi) is 4.37. The molecule has 9 heavy (non-hydrogen) atoms. The topological polar surface area (TPSA) is 0 Å². The molecule has 0 nitrogen and oxygen atoms in total. The first-order valence-corrected chi connectivity index (χ1v) is 3.50. The van der Waals surface area contributed by atoms with Gasteiger partial charge in [-0.1, -0.05) is 26.8 Å². The van der Waals surface area contributed by atoms with Crippen molar-refractivity contribution in [1.29, 1.82) is 0 Å². The highest BCUT2D eigenvalue weighted by Crippen LogP contribution is 2.13. The average Bonchev–Trinajstić information content (AvgIpc) is 1.83. The van der Waals surface area contributed by atoms with Gasteiger partial charge in [0.1, 0.15) is 0 Å². The van der Waals surface area contributed by atoms with E-state index >= 15 is 0 Å². The molecule has 1 atom stereocenters. The van der Waals surface area contributed by atoms with Crippen molar-refractivity contribution in [2.45, 2.75) is 33.1 Å². The summed E-state index contributed by atoms with van der Waals surface area (Å²) < 4.78 is 12.0. The normalized spacial score (nSPS) is 13.2. The van der Waals surface area contributed by atoms with Crippen LogP contribution in [0.1, 0.15) is 33.1 Å². The van der Waals surface area contributed by atoms with Gasteiger partial charge in [-0.15, -0.1) is 0 Å². The van der Waals surface area contributed by atoms with Crippen molar-refractivity contribution in [3.63, 3.8) is 0 Å². The number of hydrogen-bond acceptors (Lipinski definition) is 0. The molecule has 0 aromatic heterocycles. The summed E-state index contributed by atoms with van der Waals surface area (Å²) in [6.07, 6.45) is 2.61. The summed E-state index contributed by atoms with van der Waals surface area (Å²) in [7, 11) is 0. The highest BCUT2D eigenvalue weighted by atomic mass is 19.1. The molecule has 0 bridgehead atoms. The van der Waals surface area contributed by atoms with Crippen LogP contribution in [-0.2, 0) is 0 Å². The molecule has 0 aliphatic rings. The number of halogens is 1. The molecule has 54 valence electrons. The van der Waals surface area contributed by atoms with Crippen LogP contribution in [-0.4, -0.2) is 0 Å². The standard InChI is InChI=1S/C8H15F/c1-4-7(2)5-6-8(3)9/h7H,3-6H2,1-2H3. The number of rotatable bonds is 4. The minimum absolute atomic E-state index is 0.185. The quantitative estimate of drug-likeness (QED) is 0.547. The minimum Gasteiger partial charge on any atom is -0.212 e. The Hall–Kier alpha value is -0.330. The lowest BCUT2D eigenvalue weighted by Crippen LogP contribution is -1.90. The van der Waals surface area contributed by atoms with Gasteiger partial charge in [0.2, 0.25) is 0 Å². The Morgan fingerprint density at radius 1 is 1.67 bits per heavy atom. The fourth-order valence-corrected chi connectivity index (χ4v) is 0.607. The van der Waals surface area contributed by atoms with Gasteiger partial charge in [-0.2, -0.15) is 0 Å². The molecular formula is C8H15F. The molecule has 1 heteroatoms. The molecule has 0 aliphatic carbocycles. The Bertz CT molecular complexity index is 86.6. The van der Waals surface area contributed by atoms with Crippen molar-refractivity contribution in [1.82, 2.24) is 0 Å². The van der Waals surface area contributed by atoms with Crippen LogP contribution in [0.15, 0.2) is 12.4 Å². The fraction of sp³-hybridized carbons (Fsp3) is 0.750. The minimum atomic E-state index is -0.185. The number of hydrogen-bond donors (Lipinski definition) is 0. The predicted octanol–water partition coefficient (Wildman–Crippen LogP) is 3.30. The predicted molar refractivity (Wildman–Crippen MR) is 38.9 cm³/mol. The van der Waals surface area contributed by atoms with E-state index in [0.717, 1.165) is 12.8 Å². The zero-order chi connectivity index (χ0) is 7.28. The maximum absolute atomic E-state index is 12.0. The van der Waals surface area contributed by atoms with Gasteiger partial charge in [0.25, 0.3) is 0 Å². The van der Waals surface area contributed by atoms with Crippen LogP contribution < -0.4 is 0 Å². The van der Waals surface area contributed by atoms with Gasteiger partial charge >= 0.3 is 0 Å². The summed E-state index contributed by atoms with van der Waals surface area (Å²) in [5.41, 5.74) is 0. The van der Waals surface area contributed by atoms with Crippen LogP contribution in [0.2, 0.25) is 0 Å². The van der Waals surface area contributed by atoms with Crippen LogP contribution in [0.5, 0.6) is 0 Å².